The molecule has 0 saturated heterocycles. The van der Waals surface area contributed by atoms with Gasteiger partial charge in [-0.3, -0.25) is 9.59 Å². The van der Waals surface area contributed by atoms with Crippen LogP contribution in [0.15, 0.2) is 17.2 Å². The maximum absolute atomic E-state index is 12.1. The van der Waals surface area contributed by atoms with Crippen LogP contribution in [0.2, 0.25) is 0 Å². The molecule has 0 bridgehead atoms. The highest BCUT2D eigenvalue weighted by atomic mass is 35.5. The van der Waals surface area contributed by atoms with E-state index < -0.39 is 28.4 Å². The predicted molar refractivity (Wildman–Crippen MR) is 99.3 cm³/mol. The molecule has 7 N–H and O–H groups in total. The molecule has 1 aromatic heterocycles. The first-order chi connectivity index (χ1) is 11.8. The Bertz CT molecular complexity index is 715. The van der Waals surface area contributed by atoms with Crippen LogP contribution in [-0.2, 0) is 14.8 Å². The van der Waals surface area contributed by atoms with E-state index >= 15 is 0 Å². The summed E-state index contributed by atoms with van der Waals surface area (Å²) in [7, 11) is -3.92. The molecule has 1 aromatic rings. The van der Waals surface area contributed by atoms with E-state index in [1.165, 1.54) is 6.42 Å². The van der Waals surface area contributed by atoms with Gasteiger partial charge in [0.05, 0.1) is 6.54 Å². The maximum Gasteiger partial charge on any atom is 0.265 e. The van der Waals surface area contributed by atoms with Crippen molar-refractivity contribution in [3.63, 3.8) is 0 Å². The van der Waals surface area contributed by atoms with E-state index in [-0.39, 0.29) is 29.0 Å². The van der Waals surface area contributed by atoms with Gasteiger partial charge in [-0.1, -0.05) is 19.3 Å². The first kappa shape index (κ1) is 22.4. The monoisotopic (exact) mass is 407 g/mol. The third-order valence-electron chi connectivity index (χ3n) is 4.47. The fraction of sp³-hybridized carbons (Fsp3) is 0.600. The number of aromatic nitrogens is 1. The van der Waals surface area contributed by atoms with Gasteiger partial charge in [0.2, 0.25) is 15.9 Å². The van der Waals surface area contributed by atoms with Crippen molar-refractivity contribution in [2.75, 3.05) is 13.1 Å². The number of carbonyl (C=O) groups is 2. The highest BCUT2D eigenvalue weighted by Gasteiger charge is 2.25. The molecule has 2 rings (SSSR count). The van der Waals surface area contributed by atoms with E-state index in [1.54, 1.807) is 0 Å². The summed E-state index contributed by atoms with van der Waals surface area (Å²) in [5.41, 5.74) is 10.8. The number of sulfonamides is 1. The second-order valence-electron chi connectivity index (χ2n) is 6.25. The number of rotatable bonds is 8. The minimum atomic E-state index is -3.92. The summed E-state index contributed by atoms with van der Waals surface area (Å²) in [5.74, 6) is -0.866. The molecule has 1 heterocycles. The molecule has 1 aliphatic carbocycles. The molecule has 1 aliphatic rings. The van der Waals surface area contributed by atoms with Crippen LogP contribution in [-0.4, -0.2) is 44.3 Å². The number of carbonyl (C=O) groups excluding carboxylic acids is 2. The molecule has 1 atom stereocenters. The summed E-state index contributed by atoms with van der Waals surface area (Å²) >= 11 is 0. The summed E-state index contributed by atoms with van der Waals surface area (Å²) in [6, 6.07) is 0.971. The Hall–Kier alpha value is -1.62. The van der Waals surface area contributed by atoms with Gasteiger partial charge in [0, 0.05) is 18.8 Å². The smallest absolute Gasteiger partial charge is 0.265 e. The standard InChI is InChI=1S/C15H25N5O4S.ClH/c16-7-13(10-4-2-1-3-5-10)20-14(21)9-19-25(23,24)11-6-12(15(17)22)18-8-11;/h6,8,10,13,18-19H,1-5,7,9,16H2,(H2,17,22)(H,20,21);1H. The topological polar surface area (TPSA) is 160 Å². The zero-order chi connectivity index (χ0) is 18.4. The first-order valence-corrected chi connectivity index (χ1v) is 9.79. The highest BCUT2D eigenvalue weighted by molar-refractivity contribution is 7.89. The van der Waals surface area contributed by atoms with Gasteiger partial charge in [0.15, 0.2) is 0 Å². The Morgan fingerprint density at radius 1 is 1.27 bits per heavy atom. The van der Waals surface area contributed by atoms with Crippen LogP contribution in [0.25, 0.3) is 0 Å². The van der Waals surface area contributed by atoms with Crippen molar-refractivity contribution in [3.05, 3.63) is 18.0 Å². The predicted octanol–water partition coefficient (Wildman–Crippen LogP) is -0.163. The molecular weight excluding hydrogens is 382 g/mol. The summed E-state index contributed by atoms with van der Waals surface area (Å²) in [5, 5.41) is 2.81. The molecule has 0 aromatic carbocycles. The molecule has 9 nitrogen and oxygen atoms in total. The fourth-order valence-corrected chi connectivity index (χ4v) is 4.05. The number of hydrogen-bond donors (Lipinski definition) is 5. The third kappa shape index (κ3) is 5.97. The second kappa shape index (κ2) is 9.91. The zero-order valence-corrected chi connectivity index (χ0v) is 16.0. The third-order valence-corrected chi connectivity index (χ3v) is 5.85. The molecule has 11 heteroatoms. The zero-order valence-electron chi connectivity index (χ0n) is 14.4. The number of halogens is 1. The molecule has 2 amide bonds. The Balaban J connectivity index is 0.00000338. The van der Waals surface area contributed by atoms with Crippen molar-refractivity contribution in [2.45, 2.75) is 43.0 Å². The van der Waals surface area contributed by atoms with Gasteiger partial charge in [0.25, 0.3) is 5.91 Å². The normalized spacial score (nSPS) is 16.5. The number of amides is 2. The minimum Gasteiger partial charge on any atom is -0.364 e. The fourth-order valence-electron chi connectivity index (χ4n) is 3.08. The Kier molecular flexibility index (Phi) is 8.54. The van der Waals surface area contributed by atoms with E-state index in [1.807, 2.05) is 0 Å². The molecule has 1 unspecified atom stereocenters. The van der Waals surface area contributed by atoms with Crippen molar-refractivity contribution in [2.24, 2.45) is 17.4 Å². The van der Waals surface area contributed by atoms with Crippen LogP contribution >= 0.6 is 12.4 Å². The molecule has 26 heavy (non-hydrogen) atoms. The van der Waals surface area contributed by atoms with Crippen LogP contribution in [0.5, 0.6) is 0 Å². The summed E-state index contributed by atoms with van der Waals surface area (Å²) in [6.07, 6.45) is 6.63. The molecule has 148 valence electrons. The summed E-state index contributed by atoms with van der Waals surface area (Å²) in [6.45, 7) is -0.0778. The van der Waals surface area contributed by atoms with Crippen molar-refractivity contribution < 1.29 is 18.0 Å². The van der Waals surface area contributed by atoms with Gasteiger partial charge in [-0.05, 0) is 24.8 Å². The SMILES string of the molecule is Cl.NCC(NC(=O)CNS(=O)(=O)c1c[nH]c(C(N)=O)c1)C1CCCCC1. The lowest BCUT2D eigenvalue weighted by Gasteiger charge is -2.30. The molecular formula is C15H26ClN5O4S. The Morgan fingerprint density at radius 3 is 2.46 bits per heavy atom. The van der Waals surface area contributed by atoms with E-state index in [4.69, 9.17) is 11.5 Å². The van der Waals surface area contributed by atoms with E-state index in [0.717, 1.165) is 37.9 Å². The summed E-state index contributed by atoms with van der Waals surface area (Å²) in [4.78, 5) is 25.4. The number of aromatic amines is 1. The lowest BCUT2D eigenvalue weighted by molar-refractivity contribution is -0.121. The Labute approximate surface area is 159 Å². The van der Waals surface area contributed by atoms with Crippen LogP contribution in [0.3, 0.4) is 0 Å². The van der Waals surface area contributed by atoms with Gasteiger partial charge < -0.3 is 21.8 Å². The van der Waals surface area contributed by atoms with Crippen molar-refractivity contribution in [1.82, 2.24) is 15.0 Å². The molecule has 0 radical (unpaired) electrons. The van der Waals surface area contributed by atoms with Crippen LogP contribution in [0, 0.1) is 5.92 Å². The largest absolute Gasteiger partial charge is 0.364 e. The number of hydrogen-bond acceptors (Lipinski definition) is 5. The van der Waals surface area contributed by atoms with Crippen molar-refractivity contribution in [3.8, 4) is 0 Å². The van der Waals surface area contributed by atoms with Crippen LogP contribution < -0.4 is 21.5 Å². The van der Waals surface area contributed by atoms with Gasteiger partial charge in [-0.25, -0.2) is 13.1 Å². The molecule has 1 saturated carbocycles. The van der Waals surface area contributed by atoms with Crippen molar-refractivity contribution in [1.29, 1.82) is 0 Å². The molecule has 1 fully saturated rings. The van der Waals surface area contributed by atoms with E-state index in [0.29, 0.717) is 12.5 Å². The van der Waals surface area contributed by atoms with Gasteiger partial charge in [-0.2, -0.15) is 0 Å². The average molecular weight is 408 g/mol. The van der Waals surface area contributed by atoms with E-state index in [9.17, 15) is 18.0 Å². The molecule has 0 aliphatic heterocycles. The average Bonchev–Trinajstić information content (AvgIpc) is 3.10. The molecule has 0 spiro atoms. The van der Waals surface area contributed by atoms with Crippen molar-refractivity contribution >= 4 is 34.2 Å². The van der Waals surface area contributed by atoms with Gasteiger partial charge in [-0.15, -0.1) is 12.4 Å². The lowest BCUT2D eigenvalue weighted by atomic mass is 9.84. The quantitative estimate of drug-likeness (QED) is 0.404. The number of nitrogens with one attached hydrogen (secondary N) is 3. The first-order valence-electron chi connectivity index (χ1n) is 8.31. The summed E-state index contributed by atoms with van der Waals surface area (Å²) < 4.78 is 26.5. The second-order valence-corrected chi connectivity index (χ2v) is 8.01. The van der Waals surface area contributed by atoms with E-state index in [2.05, 4.69) is 15.0 Å². The van der Waals surface area contributed by atoms with Gasteiger partial charge >= 0.3 is 0 Å². The Morgan fingerprint density at radius 2 is 1.92 bits per heavy atom. The van der Waals surface area contributed by atoms with Gasteiger partial charge in [0.1, 0.15) is 10.6 Å². The maximum atomic E-state index is 12.1. The van der Waals surface area contributed by atoms with Crippen LogP contribution in [0.1, 0.15) is 42.6 Å². The number of primary amides is 1. The minimum absolute atomic E-state index is 0. The van der Waals surface area contributed by atoms with Crippen LogP contribution in [0.4, 0.5) is 0 Å². The highest BCUT2D eigenvalue weighted by Crippen LogP contribution is 2.26. The lowest BCUT2D eigenvalue weighted by Crippen LogP contribution is -2.49. The number of H-pyrrole nitrogens is 1. The number of nitrogens with two attached hydrogens (primary N) is 2.